The lowest BCUT2D eigenvalue weighted by Gasteiger charge is -2.32. The number of benzene rings is 2. The van der Waals surface area contributed by atoms with Crippen LogP contribution in [0.5, 0.6) is 0 Å². The molecule has 45 heavy (non-hydrogen) atoms. The number of carbonyl (C=O) groups excluding carboxylic acids is 2. The van der Waals surface area contributed by atoms with E-state index in [1.165, 1.54) is 42.1 Å². The van der Waals surface area contributed by atoms with Crippen LogP contribution in [-0.4, -0.2) is 61.1 Å². The third-order valence-electron chi connectivity index (χ3n) is 7.40. The van der Waals surface area contributed by atoms with Crippen LogP contribution >= 0.6 is 0 Å². The van der Waals surface area contributed by atoms with Crippen LogP contribution in [-0.2, 0) is 11.0 Å². The maximum absolute atomic E-state index is 13.9. The van der Waals surface area contributed by atoms with Gasteiger partial charge in [-0.3, -0.25) is 9.36 Å². The standard InChI is InChI=1S/C29H23F6N7O3/c1-17-24(23-9-12-37-42(23)21-7-5-18(16-36)6-8-21)41(27(45)40(17)22-4-2-3-19(15-22)28(30,31)32)26(44)38-20-10-13-39(14-11-20)25(43)29(33,34)35/h2-9,12,15,20H,10-11,13-14H2,1H3,(H,38,44). The van der Waals surface area contributed by atoms with Gasteiger partial charge in [-0.15, -0.1) is 0 Å². The summed E-state index contributed by atoms with van der Waals surface area (Å²) < 4.78 is 82.3. The number of nitrogens with one attached hydrogen (secondary N) is 1. The Morgan fingerprint density at radius 2 is 1.64 bits per heavy atom. The Morgan fingerprint density at radius 1 is 0.978 bits per heavy atom. The maximum atomic E-state index is 13.9. The molecule has 2 amide bonds. The van der Waals surface area contributed by atoms with Crippen LogP contribution in [0, 0.1) is 18.3 Å². The molecule has 2 aromatic heterocycles. The van der Waals surface area contributed by atoms with Crippen molar-refractivity contribution in [3.8, 4) is 28.8 Å². The Bertz CT molecular complexity index is 1850. The Kier molecular flexibility index (Phi) is 8.04. The summed E-state index contributed by atoms with van der Waals surface area (Å²) in [5, 5.41) is 16.1. The number of piperidine rings is 1. The van der Waals surface area contributed by atoms with E-state index in [2.05, 4.69) is 10.4 Å². The summed E-state index contributed by atoms with van der Waals surface area (Å²) >= 11 is 0. The number of imidazole rings is 1. The molecule has 1 aliphatic rings. The van der Waals surface area contributed by atoms with Crippen LogP contribution in [0.15, 0.2) is 65.6 Å². The molecule has 16 heteroatoms. The fourth-order valence-corrected chi connectivity index (χ4v) is 5.23. The number of hydrogen-bond acceptors (Lipinski definition) is 5. The number of alkyl halides is 6. The topological polar surface area (TPSA) is 118 Å². The molecule has 0 bridgehead atoms. The molecule has 1 aliphatic heterocycles. The average molecular weight is 632 g/mol. The smallest absolute Gasteiger partial charge is 0.335 e. The molecule has 10 nitrogen and oxygen atoms in total. The molecule has 4 aromatic rings. The van der Waals surface area contributed by atoms with Gasteiger partial charge in [0.2, 0.25) is 0 Å². The van der Waals surface area contributed by atoms with Crippen molar-refractivity contribution < 1.29 is 35.9 Å². The van der Waals surface area contributed by atoms with Crippen LogP contribution in [0.1, 0.15) is 29.7 Å². The van der Waals surface area contributed by atoms with Crippen molar-refractivity contribution in [3.05, 3.63) is 88.1 Å². The fourth-order valence-electron chi connectivity index (χ4n) is 5.23. The van der Waals surface area contributed by atoms with E-state index in [0.29, 0.717) is 16.2 Å². The molecule has 1 fully saturated rings. The minimum Gasteiger partial charge on any atom is -0.335 e. The van der Waals surface area contributed by atoms with E-state index in [-0.39, 0.29) is 48.7 Å². The van der Waals surface area contributed by atoms with Gasteiger partial charge in [0, 0.05) is 19.1 Å². The van der Waals surface area contributed by atoms with Gasteiger partial charge in [-0.25, -0.2) is 18.8 Å². The zero-order chi connectivity index (χ0) is 32.7. The summed E-state index contributed by atoms with van der Waals surface area (Å²) in [6.45, 7) is 0.861. The summed E-state index contributed by atoms with van der Waals surface area (Å²) in [4.78, 5) is 39.8. The van der Waals surface area contributed by atoms with E-state index in [0.717, 1.165) is 27.3 Å². The second kappa shape index (κ2) is 11.6. The molecule has 1 saturated heterocycles. The van der Waals surface area contributed by atoms with Gasteiger partial charge in [-0.05, 0) is 68.3 Å². The molecule has 3 heterocycles. The van der Waals surface area contributed by atoms with Crippen molar-refractivity contribution in [2.24, 2.45) is 0 Å². The SMILES string of the molecule is Cc1c(-c2ccnn2-c2ccc(C#N)cc2)n(C(=O)NC2CCN(C(=O)C(F)(F)F)CC2)c(=O)n1-c1cccc(C(F)(F)F)c1. The Hall–Kier alpha value is -5.33. The lowest BCUT2D eigenvalue weighted by molar-refractivity contribution is -0.186. The highest BCUT2D eigenvalue weighted by molar-refractivity contribution is 5.84. The van der Waals surface area contributed by atoms with Crippen LogP contribution in [0.25, 0.3) is 22.8 Å². The maximum Gasteiger partial charge on any atom is 0.471 e. The predicted molar refractivity (Wildman–Crippen MR) is 147 cm³/mol. The minimum absolute atomic E-state index is 0.0125. The number of rotatable bonds is 4. The Labute approximate surface area is 250 Å². The molecule has 0 saturated carbocycles. The normalized spacial score (nSPS) is 14.3. The number of nitrogens with zero attached hydrogens (tertiary/aromatic N) is 6. The van der Waals surface area contributed by atoms with Crippen LogP contribution in [0.4, 0.5) is 31.1 Å². The molecular formula is C29H23F6N7O3. The van der Waals surface area contributed by atoms with Crippen molar-refractivity contribution in [2.75, 3.05) is 13.1 Å². The Morgan fingerprint density at radius 3 is 2.24 bits per heavy atom. The van der Waals surface area contributed by atoms with E-state index in [9.17, 15) is 40.7 Å². The first-order valence-corrected chi connectivity index (χ1v) is 13.4. The van der Waals surface area contributed by atoms with Crippen molar-refractivity contribution in [1.29, 1.82) is 5.26 Å². The highest BCUT2D eigenvalue weighted by atomic mass is 19.4. The van der Waals surface area contributed by atoms with Gasteiger partial charge in [-0.1, -0.05) is 6.07 Å². The van der Waals surface area contributed by atoms with Crippen molar-refractivity contribution in [2.45, 2.75) is 38.2 Å². The summed E-state index contributed by atoms with van der Waals surface area (Å²) in [5.74, 6) is -1.99. The van der Waals surface area contributed by atoms with Crippen LogP contribution in [0.3, 0.4) is 0 Å². The second-order valence-corrected chi connectivity index (χ2v) is 10.2. The number of aromatic nitrogens is 4. The second-order valence-electron chi connectivity index (χ2n) is 10.2. The van der Waals surface area contributed by atoms with Gasteiger partial charge in [0.25, 0.3) is 0 Å². The average Bonchev–Trinajstić information content (AvgIpc) is 3.58. The zero-order valence-electron chi connectivity index (χ0n) is 23.4. The van der Waals surface area contributed by atoms with E-state index in [1.807, 2.05) is 6.07 Å². The first kappa shape index (κ1) is 31.1. The lowest BCUT2D eigenvalue weighted by Crippen LogP contribution is -2.51. The van der Waals surface area contributed by atoms with Gasteiger partial charge in [0.05, 0.1) is 46.2 Å². The van der Waals surface area contributed by atoms with Gasteiger partial charge < -0.3 is 10.2 Å². The van der Waals surface area contributed by atoms with E-state index in [1.54, 1.807) is 12.1 Å². The van der Waals surface area contributed by atoms with E-state index < -0.39 is 41.6 Å². The monoisotopic (exact) mass is 631 g/mol. The van der Waals surface area contributed by atoms with Crippen molar-refractivity contribution in [3.63, 3.8) is 0 Å². The number of nitriles is 1. The van der Waals surface area contributed by atoms with E-state index in [4.69, 9.17) is 5.26 Å². The molecule has 0 radical (unpaired) electrons. The fraction of sp³-hybridized carbons (Fsp3) is 0.276. The number of carbonyl (C=O) groups is 2. The molecule has 0 aliphatic carbocycles. The number of likely N-dealkylation sites (tertiary alicyclic amines) is 1. The predicted octanol–water partition coefficient (Wildman–Crippen LogP) is 4.80. The number of halogens is 6. The lowest BCUT2D eigenvalue weighted by atomic mass is 10.1. The van der Waals surface area contributed by atoms with E-state index >= 15 is 0 Å². The first-order valence-electron chi connectivity index (χ1n) is 13.4. The largest absolute Gasteiger partial charge is 0.471 e. The zero-order valence-corrected chi connectivity index (χ0v) is 23.4. The number of hydrogen-bond donors (Lipinski definition) is 1. The van der Waals surface area contributed by atoms with Crippen LogP contribution in [0.2, 0.25) is 0 Å². The van der Waals surface area contributed by atoms with Crippen LogP contribution < -0.4 is 11.0 Å². The molecule has 0 atom stereocenters. The molecule has 5 rings (SSSR count). The molecule has 0 spiro atoms. The Balaban J connectivity index is 1.58. The molecular weight excluding hydrogens is 608 g/mol. The third kappa shape index (κ3) is 6.06. The molecule has 2 aromatic carbocycles. The highest BCUT2D eigenvalue weighted by Gasteiger charge is 2.43. The summed E-state index contributed by atoms with van der Waals surface area (Å²) in [7, 11) is 0. The van der Waals surface area contributed by atoms with Gasteiger partial charge >= 0.3 is 30.0 Å². The highest BCUT2D eigenvalue weighted by Crippen LogP contribution is 2.32. The molecule has 0 unspecified atom stereocenters. The summed E-state index contributed by atoms with van der Waals surface area (Å²) in [6.07, 6.45) is -8.44. The minimum atomic E-state index is -5.04. The van der Waals surface area contributed by atoms with Crippen molar-refractivity contribution >= 4 is 11.9 Å². The summed E-state index contributed by atoms with van der Waals surface area (Å²) in [6, 6.07) is 12.0. The van der Waals surface area contributed by atoms with Gasteiger partial charge in [0.1, 0.15) is 5.69 Å². The molecule has 1 N–H and O–H groups in total. The van der Waals surface area contributed by atoms with Crippen molar-refractivity contribution in [1.82, 2.24) is 29.1 Å². The van der Waals surface area contributed by atoms with Gasteiger partial charge in [-0.2, -0.15) is 36.7 Å². The first-order chi connectivity index (χ1) is 21.2. The van der Waals surface area contributed by atoms with Gasteiger partial charge in [0.15, 0.2) is 0 Å². The quantitative estimate of drug-likeness (QED) is 0.325. The third-order valence-corrected chi connectivity index (χ3v) is 7.40. The molecule has 234 valence electrons. The summed E-state index contributed by atoms with van der Waals surface area (Å²) in [5.41, 5.74) is -1.09. The number of amides is 2.